The van der Waals surface area contributed by atoms with Crippen molar-refractivity contribution in [1.82, 2.24) is 4.90 Å². The average molecular weight is 304 g/mol. The minimum absolute atomic E-state index is 0.0911. The van der Waals surface area contributed by atoms with Crippen LogP contribution in [0.15, 0.2) is 30.3 Å². The smallest absolute Gasteiger partial charge is 0.395 e. The molecule has 7 heteroatoms. The molecular weight excluding hydrogens is 285 g/mol. The number of aliphatic hydroxyl groups is 1. The van der Waals surface area contributed by atoms with Crippen molar-refractivity contribution >= 4 is 5.91 Å². The van der Waals surface area contributed by atoms with Gasteiger partial charge in [-0.3, -0.25) is 4.79 Å². The SMILES string of the molecule is NC(CCC(=O)N(CCO)CC(F)(F)F)c1ccccc1. The first kappa shape index (κ1) is 17.5. The van der Waals surface area contributed by atoms with Gasteiger partial charge in [-0.25, -0.2) is 0 Å². The Morgan fingerprint density at radius 2 is 1.90 bits per heavy atom. The molecule has 0 aliphatic rings. The number of carbonyl (C=O) groups is 1. The first-order valence-electron chi connectivity index (χ1n) is 6.59. The lowest BCUT2D eigenvalue weighted by Gasteiger charge is -2.23. The second-order valence-electron chi connectivity index (χ2n) is 4.71. The Labute approximate surface area is 121 Å². The van der Waals surface area contributed by atoms with E-state index in [0.29, 0.717) is 4.90 Å². The molecule has 0 fully saturated rings. The fourth-order valence-electron chi connectivity index (χ4n) is 1.93. The van der Waals surface area contributed by atoms with Gasteiger partial charge in [-0.1, -0.05) is 30.3 Å². The molecule has 4 nitrogen and oxygen atoms in total. The maximum Gasteiger partial charge on any atom is 0.406 e. The Kier molecular flexibility index (Phi) is 6.64. The van der Waals surface area contributed by atoms with E-state index in [1.165, 1.54) is 0 Å². The fourth-order valence-corrected chi connectivity index (χ4v) is 1.93. The molecule has 0 saturated heterocycles. The number of halogens is 3. The van der Waals surface area contributed by atoms with Crippen LogP contribution in [0.5, 0.6) is 0 Å². The summed E-state index contributed by atoms with van der Waals surface area (Å²) in [6.45, 7) is -2.20. The van der Waals surface area contributed by atoms with Crippen molar-refractivity contribution in [2.75, 3.05) is 19.7 Å². The molecule has 0 aliphatic heterocycles. The highest BCUT2D eigenvalue weighted by Gasteiger charge is 2.32. The highest BCUT2D eigenvalue weighted by atomic mass is 19.4. The summed E-state index contributed by atoms with van der Waals surface area (Å²) in [6, 6.07) is 8.63. The van der Waals surface area contributed by atoms with Gasteiger partial charge in [0.05, 0.1) is 6.61 Å². The Bertz CT molecular complexity index is 438. The Morgan fingerprint density at radius 1 is 1.29 bits per heavy atom. The predicted octanol–water partition coefficient (Wildman–Crippen LogP) is 1.85. The van der Waals surface area contributed by atoms with E-state index in [2.05, 4.69) is 0 Å². The van der Waals surface area contributed by atoms with Gasteiger partial charge < -0.3 is 15.7 Å². The summed E-state index contributed by atoms with van der Waals surface area (Å²) in [6.07, 6.45) is -4.32. The van der Waals surface area contributed by atoms with Crippen molar-refractivity contribution in [2.24, 2.45) is 5.73 Å². The standard InChI is InChI=1S/C14H19F3N2O2/c15-14(16,17)10-19(8-9-20)13(21)7-6-12(18)11-4-2-1-3-5-11/h1-5,12,20H,6-10,18H2. The van der Waals surface area contributed by atoms with Crippen molar-refractivity contribution in [1.29, 1.82) is 0 Å². The van der Waals surface area contributed by atoms with Crippen LogP contribution in [0.25, 0.3) is 0 Å². The summed E-state index contributed by atoms with van der Waals surface area (Å²) in [7, 11) is 0. The first-order valence-corrected chi connectivity index (χ1v) is 6.59. The van der Waals surface area contributed by atoms with Gasteiger partial charge >= 0.3 is 6.18 Å². The van der Waals surface area contributed by atoms with Gasteiger partial charge in [-0.15, -0.1) is 0 Å². The first-order chi connectivity index (χ1) is 9.83. The van der Waals surface area contributed by atoms with Gasteiger partial charge in [0.1, 0.15) is 6.54 Å². The number of nitrogens with zero attached hydrogens (tertiary/aromatic N) is 1. The van der Waals surface area contributed by atoms with E-state index >= 15 is 0 Å². The van der Waals surface area contributed by atoms with Crippen molar-refractivity contribution in [2.45, 2.75) is 25.1 Å². The number of carbonyl (C=O) groups excluding carboxylic acids is 1. The zero-order valence-corrected chi connectivity index (χ0v) is 11.5. The van der Waals surface area contributed by atoms with Crippen LogP contribution >= 0.6 is 0 Å². The zero-order valence-electron chi connectivity index (χ0n) is 11.5. The van der Waals surface area contributed by atoms with Crippen molar-refractivity contribution in [3.63, 3.8) is 0 Å². The highest BCUT2D eigenvalue weighted by Crippen LogP contribution is 2.19. The minimum Gasteiger partial charge on any atom is -0.395 e. The van der Waals surface area contributed by atoms with Gasteiger partial charge in [0.25, 0.3) is 0 Å². The third kappa shape index (κ3) is 6.59. The van der Waals surface area contributed by atoms with E-state index in [1.807, 2.05) is 6.07 Å². The van der Waals surface area contributed by atoms with Gasteiger partial charge in [-0.05, 0) is 12.0 Å². The second-order valence-corrected chi connectivity index (χ2v) is 4.71. The molecule has 118 valence electrons. The van der Waals surface area contributed by atoms with Crippen LogP contribution < -0.4 is 5.73 Å². The number of nitrogens with two attached hydrogens (primary N) is 1. The number of aliphatic hydroxyl groups excluding tert-OH is 1. The number of hydrogen-bond donors (Lipinski definition) is 2. The molecule has 0 saturated carbocycles. The fraction of sp³-hybridized carbons (Fsp3) is 0.500. The summed E-state index contributed by atoms with van der Waals surface area (Å²) in [5.41, 5.74) is 6.73. The second kappa shape index (κ2) is 7.99. The lowest BCUT2D eigenvalue weighted by atomic mass is 10.0. The molecule has 1 unspecified atom stereocenters. The third-order valence-corrected chi connectivity index (χ3v) is 2.99. The summed E-state index contributed by atoms with van der Waals surface area (Å²) >= 11 is 0. The number of amides is 1. The summed E-state index contributed by atoms with van der Waals surface area (Å²) in [4.78, 5) is 12.4. The molecule has 0 aliphatic carbocycles. The molecule has 3 N–H and O–H groups in total. The van der Waals surface area contributed by atoms with Gasteiger partial charge in [0.2, 0.25) is 5.91 Å². The highest BCUT2D eigenvalue weighted by molar-refractivity contribution is 5.76. The molecular formula is C14H19F3N2O2. The van der Waals surface area contributed by atoms with Crippen LogP contribution in [-0.2, 0) is 4.79 Å². The van der Waals surface area contributed by atoms with Gasteiger partial charge in [0.15, 0.2) is 0 Å². The molecule has 1 aromatic carbocycles. The van der Waals surface area contributed by atoms with Crippen LogP contribution in [0.3, 0.4) is 0 Å². The van der Waals surface area contributed by atoms with Crippen LogP contribution in [0.4, 0.5) is 13.2 Å². The van der Waals surface area contributed by atoms with Crippen molar-refractivity contribution in [3.05, 3.63) is 35.9 Å². The Morgan fingerprint density at radius 3 is 2.43 bits per heavy atom. The van der Waals surface area contributed by atoms with E-state index in [1.54, 1.807) is 24.3 Å². The molecule has 0 heterocycles. The van der Waals surface area contributed by atoms with E-state index in [-0.39, 0.29) is 19.4 Å². The molecule has 0 bridgehead atoms. The Balaban J connectivity index is 2.53. The van der Waals surface area contributed by atoms with Crippen molar-refractivity contribution < 1.29 is 23.1 Å². The normalized spacial score (nSPS) is 13.0. The van der Waals surface area contributed by atoms with Crippen molar-refractivity contribution in [3.8, 4) is 0 Å². The summed E-state index contributed by atoms with van der Waals surface area (Å²) < 4.78 is 37.1. The number of rotatable bonds is 7. The van der Waals surface area contributed by atoms with Gasteiger partial charge in [-0.2, -0.15) is 13.2 Å². The quantitative estimate of drug-likeness (QED) is 0.808. The minimum atomic E-state index is -4.48. The van der Waals surface area contributed by atoms with Crippen LogP contribution in [0.1, 0.15) is 24.4 Å². The largest absolute Gasteiger partial charge is 0.406 e. The monoisotopic (exact) mass is 304 g/mol. The third-order valence-electron chi connectivity index (χ3n) is 2.99. The van der Waals surface area contributed by atoms with E-state index in [0.717, 1.165) is 5.56 Å². The molecule has 1 rings (SSSR count). The summed E-state index contributed by atoms with van der Waals surface area (Å²) in [5.74, 6) is -0.659. The van der Waals surface area contributed by atoms with E-state index in [4.69, 9.17) is 10.8 Å². The molecule has 1 aromatic rings. The molecule has 0 radical (unpaired) electrons. The van der Waals surface area contributed by atoms with Crippen LogP contribution in [0.2, 0.25) is 0 Å². The molecule has 0 aromatic heterocycles. The molecule has 0 spiro atoms. The topological polar surface area (TPSA) is 66.6 Å². The lowest BCUT2D eigenvalue weighted by Crippen LogP contribution is -2.40. The van der Waals surface area contributed by atoms with Crippen LogP contribution in [0, 0.1) is 0 Å². The molecule has 1 amide bonds. The van der Waals surface area contributed by atoms with E-state index < -0.39 is 31.3 Å². The number of hydrogen-bond acceptors (Lipinski definition) is 3. The molecule has 21 heavy (non-hydrogen) atoms. The molecule has 1 atom stereocenters. The van der Waals surface area contributed by atoms with E-state index in [9.17, 15) is 18.0 Å². The number of alkyl halides is 3. The zero-order chi connectivity index (χ0) is 15.9. The maximum atomic E-state index is 12.4. The maximum absolute atomic E-state index is 12.4. The van der Waals surface area contributed by atoms with Crippen LogP contribution in [-0.4, -0.2) is 41.8 Å². The van der Waals surface area contributed by atoms with Gasteiger partial charge in [0, 0.05) is 19.0 Å². The average Bonchev–Trinajstić information content (AvgIpc) is 2.43. The Hall–Kier alpha value is -1.60. The lowest BCUT2D eigenvalue weighted by molar-refractivity contribution is -0.162. The number of benzene rings is 1. The summed E-state index contributed by atoms with van der Waals surface area (Å²) in [5, 5.41) is 8.75. The predicted molar refractivity (Wildman–Crippen MR) is 72.3 cm³/mol.